The minimum absolute atomic E-state index is 0.0390. The van der Waals surface area contributed by atoms with E-state index in [1.54, 1.807) is 17.0 Å². The minimum Gasteiger partial charge on any atom is -0.352 e. The van der Waals surface area contributed by atoms with Gasteiger partial charge in [0, 0.05) is 17.8 Å². The third kappa shape index (κ3) is 1.93. The lowest BCUT2D eigenvalue weighted by molar-refractivity contribution is -0.172. The molecule has 1 aromatic carbocycles. The summed E-state index contributed by atoms with van der Waals surface area (Å²) < 4.78 is 0. The first-order valence-electron chi connectivity index (χ1n) is 9.67. The Morgan fingerprint density at radius 3 is 2.74 bits per heavy atom. The molecule has 6 heteroatoms. The summed E-state index contributed by atoms with van der Waals surface area (Å²) in [6.45, 7) is 4.78. The van der Waals surface area contributed by atoms with E-state index >= 15 is 0 Å². The van der Waals surface area contributed by atoms with E-state index in [1.165, 1.54) is 0 Å². The van der Waals surface area contributed by atoms with E-state index in [0.717, 1.165) is 18.5 Å². The van der Waals surface area contributed by atoms with Gasteiger partial charge in [-0.1, -0.05) is 26.0 Å². The number of piperidine rings is 2. The maximum atomic E-state index is 13.5. The van der Waals surface area contributed by atoms with Gasteiger partial charge in [-0.3, -0.25) is 14.4 Å². The lowest BCUT2D eigenvalue weighted by Gasteiger charge is -2.59. The number of piperazine rings is 1. The van der Waals surface area contributed by atoms with E-state index in [-0.39, 0.29) is 29.4 Å². The van der Waals surface area contributed by atoms with Gasteiger partial charge in [-0.25, -0.2) is 0 Å². The Morgan fingerprint density at radius 1 is 1.22 bits per heavy atom. The van der Waals surface area contributed by atoms with Crippen LogP contribution in [-0.2, 0) is 9.59 Å². The van der Waals surface area contributed by atoms with Crippen molar-refractivity contribution in [2.24, 2.45) is 11.8 Å². The quantitative estimate of drug-likeness (QED) is 0.787. The number of amides is 2. The van der Waals surface area contributed by atoms with Crippen LogP contribution in [0, 0.1) is 11.8 Å². The number of nitrogens with zero attached hydrogens (tertiary/aromatic N) is 1. The number of carbonyl (C=O) groups is 3. The molecule has 1 aromatic rings. The number of anilines is 1. The molecule has 2 amide bonds. The van der Waals surface area contributed by atoms with E-state index in [4.69, 9.17) is 0 Å². The number of rotatable bonds is 2. The maximum absolute atomic E-state index is 13.5. The number of benzene rings is 1. The molecule has 5 aliphatic heterocycles. The van der Waals surface area contributed by atoms with E-state index in [0.29, 0.717) is 24.2 Å². The molecular formula is C21H23N3O3. The van der Waals surface area contributed by atoms with Crippen LogP contribution >= 0.6 is 0 Å². The summed E-state index contributed by atoms with van der Waals surface area (Å²) in [6.07, 6.45) is 3.93. The maximum Gasteiger partial charge on any atom is 0.253 e. The number of Topliss-reactive ketones (excluding diaryl/α,β-unsaturated/α-hetero) is 1. The average molecular weight is 365 g/mol. The van der Waals surface area contributed by atoms with Crippen molar-refractivity contribution in [1.82, 2.24) is 10.2 Å². The van der Waals surface area contributed by atoms with Gasteiger partial charge in [-0.05, 0) is 49.3 Å². The SMILES string of the molecule is CC(C)[C@@H]1C[C@@]23CCCN2C(=O)[C@]1(/C=C1\Nc2ccccc2C1=O)NC3=O. The molecule has 6 rings (SSSR count). The number of carbonyl (C=O) groups excluding carboxylic acids is 3. The number of hydrogen-bond donors (Lipinski definition) is 2. The molecule has 0 unspecified atom stereocenters. The van der Waals surface area contributed by atoms with E-state index in [9.17, 15) is 14.4 Å². The predicted octanol–water partition coefficient (Wildman–Crippen LogP) is 2.08. The molecule has 140 valence electrons. The fourth-order valence-electron chi connectivity index (χ4n) is 5.51. The fourth-order valence-corrected chi connectivity index (χ4v) is 5.51. The van der Waals surface area contributed by atoms with Crippen LogP contribution in [0.1, 0.15) is 43.5 Å². The van der Waals surface area contributed by atoms with Crippen molar-refractivity contribution in [2.75, 3.05) is 11.9 Å². The lowest BCUT2D eigenvalue weighted by Crippen LogP contribution is -2.81. The van der Waals surface area contributed by atoms with Crippen LogP contribution in [-0.4, -0.2) is 40.1 Å². The fraction of sp³-hybridized carbons (Fsp3) is 0.476. The number of ketones is 1. The highest BCUT2D eigenvalue weighted by Crippen LogP contribution is 2.52. The van der Waals surface area contributed by atoms with Gasteiger partial charge < -0.3 is 15.5 Å². The molecule has 5 aliphatic rings. The number of hydrogen-bond acceptors (Lipinski definition) is 4. The van der Waals surface area contributed by atoms with E-state index < -0.39 is 11.1 Å². The predicted molar refractivity (Wildman–Crippen MR) is 100.0 cm³/mol. The molecule has 0 aromatic heterocycles. The van der Waals surface area contributed by atoms with Crippen LogP contribution in [0.4, 0.5) is 5.69 Å². The molecule has 2 bridgehead atoms. The van der Waals surface area contributed by atoms with Crippen molar-refractivity contribution in [1.29, 1.82) is 0 Å². The molecule has 6 nitrogen and oxygen atoms in total. The van der Waals surface area contributed by atoms with E-state index in [2.05, 4.69) is 24.5 Å². The van der Waals surface area contributed by atoms with Crippen LogP contribution in [0.5, 0.6) is 0 Å². The zero-order valence-corrected chi connectivity index (χ0v) is 15.5. The first kappa shape index (κ1) is 16.5. The van der Waals surface area contributed by atoms with Crippen LogP contribution in [0.25, 0.3) is 0 Å². The van der Waals surface area contributed by atoms with Gasteiger partial charge in [0.05, 0.1) is 5.70 Å². The molecule has 2 N–H and O–H groups in total. The topological polar surface area (TPSA) is 78.5 Å². The molecular weight excluding hydrogens is 342 g/mol. The smallest absolute Gasteiger partial charge is 0.253 e. The second kappa shape index (κ2) is 5.21. The van der Waals surface area contributed by atoms with Crippen molar-refractivity contribution in [3.05, 3.63) is 41.6 Å². The molecule has 0 saturated carbocycles. The van der Waals surface area contributed by atoms with Gasteiger partial charge >= 0.3 is 0 Å². The zero-order chi connectivity index (χ0) is 19.0. The first-order chi connectivity index (χ1) is 12.9. The van der Waals surface area contributed by atoms with Crippen molar-refractivity contribution in [2.45, 2.75) is 44.2 Å². The highest BCUT2D eigenvalue weighted by atomic mass is 16.2. The van der Waals surface area contributed by atoms with Gasteiger partial charge in [0.25, 0.3) is 5.91 Å². The first-order valence-corrected chi connectivity index (χ1v) is 9.67. The summed E-state index contributed by atoms with van der Waals surface area (Å²) in [7, 11) is 0. The van der Waals surface area contributed by atoms with Crippen LogP contribution in [0.3, 0.4) is 0 Å². The molecule has 4 saturated heterocycles. The number of fused-ring (bicyclic) bond motifs is 3. The monoisotopic (exact) mass is 365 g/mol. The normalized spacial score (nSPS) is 35.5. The van der Waals surface area contributed by atoms with Crippen molar-refractivity contribution >= 4 is 23.3 Å². The van der Waals surface area contributed by atoms with Gasteiger partial charge in [-0.15, -0.1) is 0 Å². The molecule has 27 heavy (non-hydrogen) atoms. The van der Waals surface area contributed by atoms with Crippen LogP contribution < -0.4 is 10.6 Å². The highest BCUT2D eigenvalue weighted by Gasteiger charge is 2.68. The Labute approximate surface area is 158 Å². The molecule has 5 heterocycles. The molecule has 0 aliphatic carbocycles. The minimum atomic E-state index is -1.16. The third-order valence-electron chi connectivity index (χ3n) is 6.84. The standard InChI is InChI=1S/C21H23N3O3/c1-12(2)14-10-20-8-5-9-24(20)19(27)21(14,23-18(20)26)11-16-17(25)13-6-3-4-7-15(13)22-16/h3-4,6-7,11-12,14,22H,5,8-10H2,1-2H3,(H,23,26)/b16-11-/t14-,20+,21+/m0/s1. The number of para-hydroxylation sites is 1. The Hall–Kier alpha value is -2.63. The van der Waals surface area contributed by atoms with Gasteiger partial charge in [0.2, 0.25) is 11.7 Å². The Kier molecular flexibility index (Phi) is 3.19. The zero-order valence-electron chi connectivity index (χ0n) is 15.5. The lowest BCUT2D eigenvalue weighted by atomic mass is 9.61. The summed E-state index contributed by atoms with van der Waals surface area (Å²) in [4.78, 5) is 41.2. The summed E-state index contributed by atoms with van der Waals surface area (Å²) in [6, 6.07) is 7.31. The van der Waals surface area contributed by atoms with Crippen molar-refractivity contribution in [3.63, 3.8) is 0 Å². The second-order valence-corrected chi connectivity index (χ2v) is 8.53. The summed E-state index contributed by atoms with van der Waals surface area (Å²) in [5.74, 6) is -0.111. The van der Waals surface area contributed by atoms with Gasteiger partial charge in [-0.2, -0.15) is 0 Å². The summed E-state index contributed by atoms with van der Waals surface area (Å²) in [5, 5.41) is 6.20. The second-order valence-electron chi connectivity index (χ2n) is 8.53. The van der Waals surface area contributed by atoms with Gasteiger partial charge in [0.1, 0.15) is 11.1 Å². The Bertz CT molecular complexity index is 921. The molecule has 4 fully saturated rings. The molecule has 3 atom stereocenters. The summed E-state index contributed by atoms with van der Waals surface area (Å²) in [5.41, 5.74) is -0.127. The Balaban J connectivity index is 1.64. The van der Waals surface area contributed by atoms with Crippen molar-refractivity contribution in [3.8, 4) is 0 Å². The largest absolute Gasteiger partial charge is 0.352 e. The number of allylic oxidation sites excluding steroid dienone is 1. The molecule has 0 radical (unpaired) electrons. The third-order valence-corrected chi connectivity index (χ3v) is 6.84. The van der Waals surface area contributed by atoms with Crippen LogP contribution in [0.15, 0.2) is 36.0 Å². The van der Waals surface area contributed by atoms with Crippen LogP contribution in [0.2, 0.25) is 0 Å². The highest BCUT2D eigenvalue weighted by molar-refractivity contribution is 6.19. The van der Waals surface area contributed by atoms with Gasteiger partial charge in [0.15, 0.2) is 0 Å². The summed E-state index contributed by atoms with van der Waals surface area (Å²) >= 11 is 0. The average Bonchev–Trinajstić information content (AvgIpc) is 3.20. The Morgan fingerprint density at radius 2 is 2.00 bits per heavy atom. The molecule has 1 spiro atoms. The van der Waals surface area contributed by atoms with Crippen molar-refractivity contribution < 1.29 is 14.4 Å². The number of nitrogens with one attached hydrogen (secondary N) is 2. The van der Waals surface area contributed by atoms with E-state index in [1.807, 2.05) is 18.2 Å².